The zero-order chi connectivity index (χ0) is 19.8. The third-order valence-corrected chi connectivity index (χ3v) is 6.61. The lowest BCUT2D eigenvalue weighted by Crippen LogP contribution is -2.53. The van der Waals surface area contributed by atoms with Crippen molar-refractivity contribution >= 4 is 41.6 Å². The number of hydrogen-bond acceptors (Lipinski definition) is 4. The summed E-state index contributed by atoms with van der Waals surface area (Å²) < 4.78 is 0. The molecule has 2 unspecified atom stereocenters. The third kappa shape index (κ3) is 4.69. The molecule has 0 spiro atoms. The number of carbonyl (C=O) groups excluding carboxylic acids is 1. The molecule has 31 heavy (non-hydrogen) atoms. The maximum Gasteiger partial charge on any atom is 0.252 e. The summed E-state index contributed by atoms with van der Waals surface area (Å²) in [5.74, 6) is 0.986. The van der Waals surface area contributed by atoms with E-state index in [2.05, 4.69) is 10.3 Å². The number of benzene rings is 1. The molecule has 2 aliphatic carbocycles. The quantitative estimate of drug-likeness (QED) is 0.591. The molecule has 1 amide bonds. The summed E-state index contributed by atoms with van der Waals surface area (Å²) in [6.07, 6.45) is 9.10. The van der Waals surface area contributed by atoms with E-state index in [1.807, 2.05) is 42.5 Å². The number of nitrogens with one attached hydrogen (secondary N) is 1. The Morgan fingerprint density at radius 2 is 1.68 bits per heavy atom. The van der Waals surface area contributed by atoms with E-state index in [1.165, 1.54) is 6.42 Å². The molecule has 3 N–H and O–H groups in total. The maximum absolute atomic E-state index is 13.4. The molecule has 2 heterocycles. The molecule has 2 bridgehead atoms. The number of fused-ring (bicyclic) bond motifs is 3. The van der Waals surface area contributed by atoms with Gasteiger partial charge in [0.2, 0.25) is 0 Å². The van der Waals surface area contributed by atoms with Crippen LogP contribution in [0.3, 0.4) is 0 Å². The average Bonchev–Trinajstić information content (AvgIpc) is 2.74. The number of aromatic nitrogens is 2. The van der Waals surface area contributed by atoms with Gasteiger partial charge in [0.25, 0.3) is 5.91 Å². The molecular weight excluding hydrogens is 431 g/mol. The SMILES string of the molecule is Cl.Cl.NC1CC2CCCC(C1)C2NC(=O)c1cc(-c2ccncc2)nc2ccccc12. The first-order chi connectivity index (χ1) is 14.2. The van der Waals surface area contributed by atoms with Crippen LogP contribution < -0.4 is 11.1 Å². The predicted molar refractivity (Wildman–Crippen MR) is 129 cm³/mol. The van der Waals surface area contributed by atoms with Crippen LogP contribution in [0.4, 0.5) is 0 Å². The first kappa shape index (κ1) is 23.5. The molecule has 1 aromatic carbocycles. The van der Waals surface area contributed by atoms with Gasteiger partial charge in [0.1, 0.15) is 0 Å². The Morgan fingerprint density at radius 3 is 2.39 bits per heavy atom. The van der Waals surface area contributed by atoms with Crippen LogP contribution in [-0.2, 0) is 0 Å². The monoisotopic (exact) mass is 458 g/mol. The van der Waals surface area contributed by atoms with Gasteiger partial charge in [-0.3, -0.25) is 9.78 Å². The number of halogens is 2. The largest absolute Gasteiger partial charge is 0.349 e. The Hall–Kier alpha value is -2.21. The zero-order valence-electron chi connectivity index (χ0n) is 17.2. The van der Waals surface area contributed by atoms with Crippen LogP contribution in [0, 0.1) is 11.8 Å². The second-order valence-electron chi connectivity index (χ2n) is 8.49. The van der Waals surface area contributed by atoms with Crippen LogP contribution in [0.2, 0.25) is 0 Å². The lowest BCUT2D eigenvalue weighted by molar-refractivity contribution is 0.0757. The molecule has 2 aromatic heterocycles. The van der Waals surface area contributed by atoms with E-state index in [1.54, 1.807) is 12.4 Å². The number of hydrogen-bond donors (Lipinski definition) is 2. The Balaban J connectivity index is 0.00000136. The molecule has 3 aromatic rings. The molecule has 2 fully saturated rings. The fourth-order valence-corrected chi connectivity index (χ4v) is 5.29. The fourth-order valence-electron chi connectivity index (χ4n) is 5.29. The molecule has 2 saturated carbocycles. The molecule has 0 aliphatic heterocycles. The van der Waals surface area contributed by atoms with Crippen molar-refractivity contribution in [3.8, 4) is 11.3 Å². The van der Waals surface area contributed by atoms with Crippen LogP contribution in [0.1, 0.15) is 42.5 Å². The highest BCUT2D eigenvalue weighted by atomic mass is 35.5. The molecule has 0 radical (unpaired) electrons. The number of carbonyl (C=O) groups is 1. The summed E-state index contributed by atoms with van der Waals surface area (Å²) in [7, 11) is 0. The summed E-state index contributed by atoms with van der Waals surface area (Å²) in [5.41, 5.74) is 9.54. The van der Waals surface area contributed by atoms with Crippen LogP contribution in [0.5, 0.6) is 0 Å². The Bertz CT molecular complexity index is 1030. The standard InChI is InChI=1S/C24H26N4O.2ClH/c25-18-12-16-4-3-5-17(13-18)23(16)28-24(29)20-14-22(15-8-10-26-11-9-15)27-21-7-2-1-6-19(20)21;;/h1-2,6-11,14,16-18,23H,3-5,12-13,25H2,(H,28,29);2*1H. The van der Waals surface area contributed by atoms with E-state index in [4.69, 9.17) is 10.7 Å². The molecule has 2 atom stereocenters. The van der Waals surface area contributed by atoms with Gasteiger partial charge in [-0.25, -0.2) is 4.98 Å². The summed E-state index contributed by atoms with van der Waals surface area (Å²) in [6, 6.07) is 14.1. The molecule has 164 valence electrons. The molecule has 5 nitrogen and oxygen atoms in total. The van der Waals surface area contributed by atoms with Crippen LogP contribution >= 0.6 is 24.8 Å². The fraction of sp³-hybridized carbons (Fsp3) is 0.375. The third-order valence-electron chi connectivity index (χ3n) is 6.61. The molecule has 5 rings (SSSR count). The van der Waals surface area contributed by atoms with Gasteiger partial charge in [-0.1, -0.05) is 24.6 Å². The van der Waals surface area contributed by atoms with E-state index < -0.39 is 0 Å². The summed E-state index contributed by atoms with van der Waals surface area (Å²) in [6.45, 7) is 0. The summed E-state index contributed by atoms with van der Waals surface area (Å²) in [4.78, 5) is 22.3. The van der Waals surface area contributed by atoms with Gasteiger partial charge >= 0.3 is 0 Å². The topological polar surface area (TPSA) is 80.9 Å². The number of nitrogens with two attached hydrogens (primary N) is 1. The van der Waals surface area contributed by atoms with Gasteiger partial charge in [0.05, 0.1) is 16.8 Å². The van der Waals surface area contributed by atoms with Gasteiger partial charge in [0.15, 0.2) is 0 Å². The number of amides is 1. The first-order valence-corrected chi connectivity index (χ1v) is 10.6. The molecule has 0 saturated heterocycles. The minimum atomic E-state index is -0.00345. The van der Waals surface area contributed by atoms with Gasteiger partial charge in [-0.15, -0.1) is 24.8 Å². The van der Waals surface area contributed by atoms with Crippen LogP contribution in [0.15, 0.2) is 54.9 Å². The van der Waals surface area contributed by atoms with Gasteiger partial charge in [-0.2, -0.15) is 0 Å². The van der Waals surface area contributed by atoms with E-state index in [0.717, 1.165) is 47.8 Å². The van der Waals surface area contributed by atoms with Gasteiger partial charge in [-0.05, 0) is 61.8 Å². The minimum absolute atomic E-state index is 0. The van der Waals surface area contributed by atoms with Crippen molar-refractivity contribution in [2.75, 3.05) is 0 Å². The lowest BCUT2D eigenvalue weighted by Gasteiger charge is -2.45. The second-order valence-corrected chi connectivity index (χ2v) is 8.49. The van der Waals surface area contributed by atoms with Crippen molar-refractivity contribution in [1.29, 1.82) is 0 Å². The van der Waals surface area contributed by atoms with Crippen molar-refractivity contribution in [3.05, 3.63) is 60.4 Å². The van der Waals surface area contributed by atoms with E-state index in [0.29, 0.717) is 17.4 Å². The number of rotatable bonds is 3. The highest BCUT2D eigenvalue weighted by molar-refractivity contribution is 6.07. The van der Waals surface area contributed by atoms with Crippen molar-refractivity contribution in [2.24, 2.45) is 17.6 Å². The average molecular weight is 459 g/mol. The molecular formula is C24H28Cl2N4O. The Morgan fingerprint density at radius 1 is 1.00 bits per heavy atom. The smallest absolute Gasteiger partial charge is 0.252 e. The van der Waals surface area contributed by atoms with E-state index >= 15 is 0 Å². The highest BCUT2D eigenvalue weighted by Crippen LogP contribution is 2.40. The number of pyridine rings is 2. The Kier molecular flexibility index (Phi) is 7.52. The predicted octanol–water partition coefficient (Wildman–Crippen LogP) is 4.78. The van der Waals surface area contributed by atoms with Gasteiger partial charge in [0, 0.05) is 35.4 Å². The maximum atomic E-state index is 13.4. The van der Waals surface area contributed by atoms with Crippen molar-refractivity contribution in [3.63, 3.8) is 0 Å². The molecule has 7 heteroatoms. The zero-order valence-corrected chi connectivity index (χ0v) is 18.9. The van der Waals surface area contributed by atoms with Gasteiger partial charge < -0.3 is 11.1 Å². The minimum Gasteiger partial charge on any atom is -0.349 e. The first-order valence-electron chi connectivity index (χ1n) is 10.6. The normalized spacial score (nSPS) is 24.5. The summed E-state index contributed by atoms with van der Waals surface area (Å²) >= 11 is 0. The number of para-hydroxylation sites is 1. The van der Waals surface area contributed by atoms with E-state index in [9.17, 15) is 4.79 Å². The van der Waals surface area contributed by atoms with Crippen LogP contribution in [0.25, 0.3) is 22.2 Å². The lowest BCUT2D eigenvalue weighted by atomic mass is 9.67. The highest BCUT2D eigenvalue weighted by Gasteiger charge is 2.40. The van der Waals surface area contributed by atoms with Crippen molar-refractivity contribution < 1.29 is 4.79 Å². The number of nitrogens with zero attached hydrogens (tertiary/aromatic N) is 2. The van der Waals surface area contributed by atoms with Crippen LogP contribution in [-0.4, -0.2) is 28.0 Å². The summed E-state index contributed by atoms with van der Waals surface area (Å²) in [5, 5.41) is 4.28. The molecule has 2 aliphatic rings. The second kappa shape index (κ2) is 9.94. The Labute approximate surface area is 195 Å². The van der Waals surface area contributed by atoms with E-state index in [-0.39, 0.29) is 42.8 Å². The van der Waals surface area contributed by atoms with Crippen molar-refractivity contribution in [2.45, 2.75) is 44.2 Å². The van der Waals surface area contributed by atoms with Crippen molar-refractivity contribution in [1.82, 2.24) is 15.3 Å².